The zero-order chi connectivity index (χ0) is 25.1. The summed E-state index contributed by atoms with van der Waals surface area (Å²) in [5.41, 5.74) is 3.29. The highest BCUT2D eigenvalue weighted by molar-refractivity contribution is 5.83. The molecule has 0 atom stereocenters. The van der Waals surface area contributed by atoms with E-state index >= 15 is 0 Å². The molecule has 4 aromatic rings. The topological polar surface area (TPSA) is 84.4 Å². The van der Waals surface area contributed by atoms with E-state index in [0.717, 1.165) is 46.4 Å². The number of hydrogen-bond donors (Lipinski definition) is 2. The number of methoxy groups -OCH3 is 1. The average Bonchev–Trinajstić information content (AvgIpc) is 2.86. The standard InChI is InChI=1S/C28H28N6O2/c1-5-18-6-8-24-19(12-18)13-21(17-30-24)31-27-10-11-29-28(33-27)32-20-7-9-25(26(14-20)35-4)36-23-15-22(16-23)34(2)3/h1,6-14,17,22-23H,15-16H2,2-4H3,(H2,29,31,32,33). The van der Waals surface area contributed by atoms with Crippen molar-refractivity contribution in [3.05, 3.63) is 66.5 Å². The summed E-state index contributed by atoms with van der Waals surface area (Å²) in [6.07, 6.45) is 11.2. The molecule has 36 heavy (non-hydrogen) atoms. The molecule has 5 rings (SSSR count). The van der Waals surface area contributed by atoms with E-state index in [1.54, 1.807) is 25.6 Å². The van der Waals surface area contributed by atoms with Gasteiger partial charge >= 0.3 is 0 Å². The van der Waals surface area contributed by atoms with E-state index < -0.39 is 0 Å². The molecular formula is C28H28N6O2. The van der Waals surface area contributed by atoms with Gasteiger partial charge in [-0.3, -0.25) is 4.98 Å². The Kier molecular flexibility index (Phi) is 6.56. The second-order valence-corrected chi connectivity index (χ2v) is 8.99. The van der Waals surface area contributed by atoms with Crippen LogP contribution in [0, 0.1) is 12.3 Å². The summed E-state index contributed by atoms with van der Waals surface area (Å²) in [7, 11) is 5.84. The number of nitrogens with zero attached hydrogens (tertiary/aromatic N) is 4. The van der Waals surface area contributed by atoms with Crippen molar-refractivity contribution in [1.82, 2.24) is 19.9 Å². The van der Waals surface area contributed by atoms with Gasteiger partial charge in [0.15, 0.2) is 11.5 Å². The van der Waals surface area contributed by atoms with Crippen LogP contribution in [0.2, 0.25) is 0 Å². The molecule has 8 nitrogen and oxygen atoms in total. The maximum Gasteiger partial charge on any atom is 0.229 e. The van der Waals surface area contributed by atoms with Gasteiger partial charge in [0, 0.05) is 34.9 Å². The maximum atomic E-state index is 6.15. The quantitative estimate of drug-likeness (QED) is 0.342. The lowest BCUT2D eigenvalue weighted by Gasteiger charge is -2.39. The Balaban J connectivity index is 1.27. The van der Waals surface area contributed by atoms with Crippen LogP contribution in [0.15, 0.2) is 60.9 Å². The van der Waals surface area contributed by atoms with Crippen LogP contribution in [0.3, 0.4) is 0 Å². The highest BCUT2D eigenvalue weighted by Crippen LogP contribution is 2.36. The minimum atomic E-state index is 0.207. The summed E-state index contributed by atoms with van der Waals surface area (Å²) < 4.78 is 11.7. The molecule has 2 N–H and O–H groups in total. The van der Waals surface area contributed by atoms with Gasteiger partial charge < -0.3 is 25.0 Å². The average molecular weight is 481 g/mol. The smallest absolute Gasteiger partial charge is 0.229 e. The summed E-state index contributed by atoms with van der Waals surface area (Å²) >= 11 is 0. The summed E-state index contributed by atoms with van der Waals surface area (Å²) in [4.78, 5) is 15.7. The fourth-order valence-corrected chi connectivity index (χ4v) is 4.13. The first-order chi connectivity index (χ1) is 17.5. The molecule has 0 aliphatic heterocycles. The zero-order valence-electron chi connectivity index (χ0n) is 20.5. The van der Waals surface area contributed by atoms with E-state index in [2.05, 4.69) is 50.5 Å². The Morgan fingerprint density at radius 1 is 0.972 bits per heavy atom. The summed E-state index contributed by atoms with van der Waals surface area (Å²) in [6.45, 7) is 0. The molecule has 1 aliphatic carbocycles. The predicted molar refractivity (Wildman–Crippen MR) is 142 cm³/mol. The molecule has 2 aromatic heterocycles. The number of rotatable bonds is 8. The van der Waals surface area contributed by atoms with Crippen molar-refractivity contribution in [1.29, 1.82) is 0 Å². The molecule has 182 valence electrons. The lowest BCUT2D eigenvalue weighted by Crippen LogP contribution is -2.46. The molecule has 0 saturated heterocycles. The van der Waals surface area contributed by atoms with Crippen molar-refractivity contribution in [3.8, 4) is 23.8 Å². The van der Waals surface area contributed by atoms with E-state index in [9.17, 15) is 0 Å². The van der Waals surface area contributed by atoms with Gasteiger partial charge in [0.05, 0.1) is 24.5 Å². The van der Waals surface area contributed by atoms with E-state index in [1.807, 2.05) is 42.5 Å². The fourth-order valence-electron chi connectivity index (χ4n) is 4.13. The first-order valence-electron chi connectivity index (χ1n) is 11.8. The third-order valence-corrected chi connectivity index (χ3v) is 6.29. The van der Waals surface area contributed by atoms with Crippen LogP contribution in [0.1, 0.15) is 18.4 Å². The van der Waals surface area contributed by atoms with Crippen LogP contribution in [0.5, 0.6) is 11.5 Å². The molecule has 0 unspecified atom stereocenters. The SMILES string of the molecule is C#Cc1ccc2ncc(Nc3ccnc(Nc4ccc(OC5CC(N(C)C)C5)c(OC)c4)n3)cc2c1. The van der Waals surface area contributed by atoms with E-state index in [-0.39, 0.29) is 6.10 Å². The zero-order valence-corrected chi connectivity index (χ0v) is 20.5. The van der Waals surface area contributed by atoms with Crippen LogP contribution in [0.25, 0.3) is 10.9 Å². The Hall–Kier alpha value is -4.35. The molecule has 1 saturated carbocycles. The molecule has 2 heterocycles. The lowest BCUT2D eigenvalue weighted by atomic mass is 9.88. The van der Waals surface area contributed by atoms with Gasteiger partial charge in [-0.1, -0.05) is 5.92 Å². The molecule has 0 amide bonds. The van der Waals surface area contributed by atoms with Crippen LogP contribution in [-0.2, 0) is 0 Å². The molecule has 1 aliphatic rings. The third kappa shape index (κ3) is 5.16. The highest BCUT2D eigenvalue weighted by atomic mass is 16.5. The third-order valence-electron chi connectivity index (χ3n) is 6.29. The van der Waals surface area contributed by atoms with Gasteiger partial charge in [-0.2, -0.15) is 4.98 Å². The molecule has 0 radical (unpaired) electrons. The van der Waals surface area contributed by atoms with Crippen LogP contribution < -0.4 is 20.1 Å². The van der Waals surface area contributed by atoms with Crippen LogP contribution >= 0.6 is 0 Å². The fraction of sp³-hybridized carbons (Fsp3) is 0.250. The number of aromatic nitrogens is 3. The van der Waals surface area contributed by atoms with Crippen molar-refractivity contribution >= 4 is 34.0 Å². The van der Waals surface area contributed by atoms with Crippen molar-refractivity contribution in [2.24, 2.45) is 0 Å². The van der Waals surface area contributed by atoms with Gasteiger partial charge in [-0.05, 0) is 69.4 Å². The maximum absolute atomic E-state index is 6.15. The van der Waals surface area contributed by atoms with Gasteiger partial charge in [0.1, 0.15) is 11.9 Å². The Bertz CT molecular complexity index is 1430. The summed E-state index contributed by atoms with van der Waals surface area (Å²) in [5.74, 6) is 5.14. The number of ether oxygens (including phenoxy) is 2. The lowest BCUT2D eigenvalue weighted by molar-refractivity contribution is 0.0383. The first kappa shape index (κ1) is 23.4. The van der Waals surface area contributed by atoms with Gasteiger partial charge in [-0.25, -0.2) is 4.98 Å². The van der Waals surface area contributed by atoms with Crippen LogP contribution in [0.4, 0.5) is 23.1 Å². The number of benzene rings is 2. The number of hydrogen-bond acceptors (Lipinski definition) is 8. The van der Waals surface area contributed by atoms with Gasteiger partial charge in [0.2, 0.25) is 5.95 Å². The molecule has 0 bridgehead atoms. The van der Waals surface area contributed by atoms with E-state index in [1.165, 1.54) is 0 Å². The van der Waals surface area contributed by atoms with Crippen molar-refractivity contribution in [2.75, 3.05) is 31.8 Å². The number of pyridine rings is 1. The molecule has 0 spiro atoms. The second kappa shape index (κ2) is 10.1. The number of anilines is 4. The number of terminal acetylenes is 1. The van der Waals surface area contributed by atoms with E-state index in [0.29, 0.717) is 23.6 Å². The minimum Gasteiger partial charge on any atom is -0.493 e. The molecule has 1 fully saturated rings. The van der Waals surface area contributed by atoms with Crippen LogP contribution in [-0.4, -0.2) is 53.2 Å². The second-order valence-electron chi connectivity index (χ2n) is 8.99. The van der Waals surface area contributed by atoms with Crippen molar-refractivity contribution in [2.45, 2.75) is 25.0 Å². The Morgan fingerprint density at radius 3 is 2.61 bits per heavy atom. The minimum absolute atomic E-state index is 0.207. The van der Waals surface area contributed by atoms with Crippen molar-refractivity contribution in [3.63, 3.8) is 0 Å². The van der Waals surface area contributed by atoms with Crippen molar-refractivity contribution < 1.29 is 9.47 Å². The largest absolute Gasteiger partial charge is 0.493 e. The Labute approximate surface area is 210 Å². The molecule has 8 heteroatoms. The monoisotopic (exact) mass is 480 g/mol. The number of nitrogens with one attached hydrogen (secondary N) is 2. The molecular weight excluding hydrogens is 452 g/mol. The number of fused-ring (bicyclic) bond motifs is 1. The van der Waals surface area contributed by atoms with Gasteiger partial charge in [-0.15, -0.1) is 6.42 Å². The normalized spacial score (nSPS) is 16.8. The van der Waals surface area contributed by atoms with Gasteiger partial charge in [0.25, 0.3) is 0 Å². The van der Waals surface area contributed by atoms with E-state index in [4.69, 9.17) is 15.9 Å². The molecule has 2 aromatic carbocycles. The first-order valence-corrected chi connectivity index (χ1v) is 11.8. The summed E-state index contributed by atoms with van der Waals surface area (Å²) in [5, 5.41) is 7.48. The summed E-state index contributed by atoms with van der Waals surface area (Å²) in [6, 6.07) is 15.8. The highest BCUT2D eigenvalue weighted by Gasteiger charge is 2.32. The predicted octanol–water partition coefficient (Wildman–Crippen LogP) is 4.97. The Morgan fingerprint density at radius 2 is 1.83 bits per heavy atom.